The Kier molecular flexibility index (Phi) is 6.18. The molecule has 0 aromatic carbocycles. The third-order valence-electron chi connectivity index (χ3n) is 4.18. The van der Waals surface area contributed by atoms with Crippen LogP contribution in [0.5, 0.6) is 5.88 Å². The topological polar surface area (TPSA) is 74.5 Å². The minimum Gasteiger partial charge on any atom is -0.475 e. The number of nitrogens with zero attached hydrogens (tertiary/aromatic N) is 5. The van der Waals surface area contributed by atoms with Gasteiger partial charge in [0.25, 0.3) is 0 Å². The standard InChI is InChI=1S/C14H18N5O2.C2H6.Re/c1-7-5-21-14-11-12(17-18-14)15-9(3)16-13(11)19(7)10-4-8(2)20-6-10;1-2;/h7-8,10H,4-6H2,1-3H3;1-2H3;/q-1;;. The summed E-state index contributed by atoms with van der Waals surface area (Å²) in [4.78, 5) is 11.3. The van der Waals surface area contributed by atoms with Gasteiger partial charge in [-0.05, 0) is 32.8 Å². The summed E-state index contributed by atoms with van der Waals surface area (Å²) in [5, 5.41) is 9.04. The van der Waals surface area contributed by atoms with E-state index in [0.717, 1.165) is 17.6 Å². The largest absolute Gasteiger partial charge is 0.475 e. The van der Waals surface area contributed by atoms with Crippen LogP contribution in [0.15, 0.2) is 0 Å². The molecule has 1 saturated heterocycles. The van der Waals surface area contributed by atoms with Gasteiger partial charge >= 0.3 is 0 Å². The van der Waals surface area contributed by atoms with Crippen LogP contribution in [0.3, 0.4) is 0 Å². The van der Waals surface area contributed by atoms with Crippen LogP contribution in [0.2, 0.25) is 0 Å². The van der Waals surface area contributed by atoms with Crippen LogP contribution >= 0.6 is 0 Å². The summed E-state index contributed by atoms with van der Waals surface area (Å²) in [7, 11) is 0. The van der Waals surface area contributed by atoms with Crippen molar-refractivity contribution in [3.05, 3.63) is 5.82 Å². The van der Waals surface area contributed by atoms with Gasteiger partial charge in [-0.1, -0.05) is 13.8 Å². The Morgan fingerprint density at radius 1 is 1.17 bits per heavy atom. The van der Waals surface area contributed by atoms with Crippen molar-refractivity contribution < 1.29 is 29.9 Å². The van der Waals surface area contributed by atoms with Crippen molar-refractivity contribution in [2.75, 3.05) is 18.1 Å². The van der Waals surface area contributed by atoms with E-state index < -0.39 is 0 Å². The summed E-state index contributed by atoms with van der Waals surface area (Å²) in [6.07, 6.45) is 1.27. The zero-order chi connectivity index (χ0) is 16.6. The fourth-order valence-electron chi connectivity index (χ4n) is 3.25. The van der Waals surface area contributed by atoms with E-state index in [0.29, 0.717) is 36.6 Å². The maximum absolute atomic E-state index is 5.79. The molecule has 1 radical (unpaired) electrons. The molecular weight excluding hydrogens is 480 g/mol. The van der Waals surface area contributed by atoms with Crippen LogP contribution in [-0.4, -0.2) is 46.5 Å². The molecule has 3 atom stereocenters. The fraction of sp³-hybridized carbons (Fsp3) is 0.688. The van der Waals surface area contributed by atoms with Gasteiger partial charge < -0.3 is 24.5 Å². The van der Waals surface area contributed by atoms with Gasteiger partial charge in [0.2, 0.25) is 5.88 Å². The van der Waals surface area contributed by atoms with Crippen molar-refractivity contribution >= 4 is 16.9 Å². The summed E-state index contributed by atoms with van der Waals surface area (Å²) in [5.41, 5.74) is 0.610. The smallest absolute Gasteiger partial charge is 0.223 e. The van der Waals surface area contributed by atoms with Crippen LogP contribution in [-0.2, 0) is 25.2 Å². The number of rotatable bonds is 1. The van der Waals surface area contributed by atoms with Gasteiger partial charge in [0.1, 0.15) is 12.4 Å². The first kappa shape index (κ1) is 19.1. The normalized spacial score (nSPS) is 25.4. The minimum atomic E-state index is 0. The van der Waals surface area contributed by atoms with E-state index in [1.165, 1.54) is 0 Å². The van der Waals surface area contributed by atoms with Gasteiger partial charge in [-0.3, -0.25) is 0 Å². The second kappa shape index (κ2) is 7.77. The zero-order valence-electron chi connectivity index (χ0n) is 14.8. The van der Waals surface area contributed by atoms with E-state index in [2.05, 4.69) is 38.9 Å². The van der Waals surface area contributed by atoms with Crippen LogP contribution in [0.1, 0.15) is 39.9 Å². The number of anilines is 1. The predicted octanol–water partition coefficient (Wildman–Crippen LogP) is 2.08. The Morgan fingerprint density at radius 3 is 2.58 bits per heavy atom. The van der Waals surface area contributed by atoms with Gasteiger partial charge in [-0.25, -0.2) is 10.1 Å². The molecule has 0 N–H and O–H groups in total. The van der Waals surface area contributed by atoms with E-state index >= 15 is 0 Å². The number of hydrogen-bond donors (Lipinski definition) is 0. The number of aryl methyl sites for hydroxylation is 1. The van der Waals surface area contributed by atoms with Gasteiger partial charge in [-0.15, -0.1) is 0 Å². The number of ether oxygens (including phenoxy) is 2. The monoisotopic (exact) mass is 505 g/mol. The molecule has 24 heavy (non-hydrogen) atoms. The van der Waals surface area contributed by atoms with E-state index in [9.17, 15) is 0 Å². The molecule has 2 aromatic rings. The predicted molar refractivity (Wildman–Crippen MR) is 88.0 cm³/mol. The summed E-state index contributed by atoms with van der Waals surface area (Å²) in [6.45, 7) is 11.4. The van der Waals surface area contributed by atoms with Gasteiger partial charge in [-0.2, -0.15) is 0 Å². The summed E-state index contributed by atoms with van der Waals surface area (Å²) >= 11 is 0. The van der Waals surface area contributed by atoms with Crippen molar-refractivity contribution in [1.29, 1.82) is 0 Å². The summed E-state index contributed by atoms with van der Waals surface area (Å²) < 4.78 is 11.5. The van der Waals surface area contributed by atoms with Crippen LogP contribution in [0.25, 0.3) is 11.0 Å². The minimum absolute atomic E-state index is 0. The Hall–Kier alpha value is -1.23. The Morgan fingerprint density at radius 2 is 1.92 bits per heavy atom. The SMILES string of the molecule is CC.Cc1nc2c3c(n[n-]c3n1)OCC(C)N2C1COC(C)C1.[Re]. The molecule has 4 rings (SSSR count). The van der Waals surface area contributed by atoms with Crippen molar-refractivity contribution in [3.63, 3.8) is 0 Å². The van der Waals surface area contributed by atoms with Gasteiger partial charge in [0, 0.05) is 26.2 Å². The first-order valence-electron chi connectivity index (χ1n) is 8.34. The molecule has 7 nitrogen and oxygen atoms in total. The molecule has 0 amide bonds. The van der Waals surface area contributed by atoms with E-state index in [1.54, 1.807) is 0 Å². The number of hydrogen-bond acceptors (Lipinski definition) is 6. The zero-order valence-corrected chi connectivity index (χ0v) is 17.5. The van der Waals surface area contributed by atoms with Crippen LogP contribution < -0.4 is 14.7 Å². The molecule has 1 fully saturated rings. The van der Waals surface area contributed by atoms with E-state index in [4.69, 9.17) is 9.47 Å². The second-order valence-corrected chi connectivity index (χ2v) is 5.90. The van der Waals surface area contributed by atoms with E-state index in [-0.39, 0.29) is 32.6 Å². The molecular formula is C16H24N5O2Re-. The molecule has 2 aliphatic rings. The third kappa shape index (κ3) is 3.28. The molecule has 2 aromatic heterocycles. The average Bonchev–Trinajstić information content (AvgIpc) is 3.10. The Bertz CT molecular complexity index is 692. The molecule has 0 bridgehead atoms. The third-order valence-corrected chi connectivity index (χ3v) is 4.18. The van der Waals surface area contributed by atoms with Crippen molar-refractivity contribution in [3.8, 4) is 5.88 Å². The van der Waals surface area contributed by atoms with Crippen LogP contribution in [0.4, 0.5) is 5.82 Å². The molecule has 3 unspecified atom stereocenters. The van der Waals surface area contributed by atoms with Crippen molar-refractivity contribution in [2.24, 2.45) is 0 Å². The molecule has 0 spiro atoms. The second-order valence-electron chi connectivity index (χ2n) is 5.90. The molecule has 2 aliphatic heterocycles. The average molecular weight is 505 g/mol. The molecule has 8 heteroatoms. The maximum Gasteiger partial charge on any atom is 0.223 e. The Labute approximate surface area is 156 Å². The maximum atomic E-state index is 5.79. The first-order chi connectivity index (χ1) is 11.1. The van der Waals surface area contributed by atoms with Gasteiger partial charge in [0.15, 0.2) is 0 Å². The quantitative estimate of drug-likeness (QED) is 0.589. The molecule has 133 valence electrons. The van der Waals surface area contributed by atoms with Gasteiger partial charge in [0.05, 0.1) is 30.2 Å². The molecule has 0 saturated carbocycles. The molecule has 0 aliphatic carbocycles. The van der Waals surface area contributed by atoms with Crippen molar-refractivity contribution in [2.45, 2.75) is 59.2 Å². The summed E-state index contributed by atoms with van der Waals surface area (Å²) in [6, 6.07) is 0.507. The Balaban J connectivity index is 0.000000670. The number of aromatic nitrogens is 4. The summed E-state index contributed by atoms with van der Waals surface area (Å²) in [5.74, 6) is 2.13. The fourth-order valence-corrected chi connectivity index (χ4v) is 3.25. The van der Waals surface area contributed by atoms with E-state index in [1.807, 2.05) is 20.8 Å². The van der Waals surface area contributed by atoms with Crippen molar-refractivity contribution in [1.82, 2.24) is 20.2 Å². The van der Waals surface area contributed by atoms with Crippen LogP contribution in [0, 0.1) is 6.92 Å². The molecule has 4 heterocycles. The first-order valence-corrected chi connectivity index (χ1v) is 8.34.